The van der Waals surface area contributed by atoms with Gasteiger partial charge in [0.05, 0.1) is 12.7 Å². The van der Waals surface area contributed by atoms with Crippen LogP contribution < -0.4 is 5.69 Å². The Morgan fingerprint density at radius 1 is 1.57 bits per heavy atom. The second kappa shape index (κ2) is 5.78. The number of aliphatic hydroxyl groups excluding tert-OH is 1. The molecule has 1 saturated heterocycles. The van der Waals surface area contributed by atoms with Crippen molar-refractivity contribution in [3.05, 3.63) is 28.4 Å². The maximum absolute atomic E-state index is 14.1. The van der Waals surface area contributed by atoms with Crippen molar-refractivity contribution in [2.24, 2.45) is 0 Å². The number of aryl methyl sites for hydroxylation is 1. The van der Waals surface area contributed by atoms with Gasteiger partial charge >= 0.3 is 11.6 Å². The number of rotatable bonds is 4. The first-order valence-electron chi connectivity index (χ1n) is 6.62. The quantitative estimate of drug-likeness (QED) is 0.893. The summed E-state index contributed by atoms with van der Waals surface area (Å²) < 4.78 is 39.3. The van der Waals surface area contributed by atoms with Gasteiger partial charge < -0.3 is 14.6 Å². The third-order valence-electron chi connectivity index (χ3n) is 3.20. The van der Waals surface area contributed by atoms with E-state index in [1.807, 2.05) is 0 Å². The van der Waals surface area contributed by atoms with Gasteiger partial charge in [0.2, 0.25) is 6.23 Å². The van der Waals surface area contributed by atoms with Crippen molar-refractivity contribution in [2.75, 3.05) is 6.61 Å². The molecule has 0 aromatic carbocycles. The minimum Gasteiger partial charge on any atom is -0.384 e. The van der Waals surface area contributed by atoms with Crippen LogP contribution in [0.1, 0.15) is 25.8 Å². The molecule has 0 amide bonds. The summed E-state index contributed by atoms with van der Waals surface area (Å²) in [4.78, 5) is 15.3. The summed E-state index contributed by atoms with van der Waals surface area (Å²) in [5.41, 5.74) is -0.435. The molecule has 0 spiro atoms. The maximum Gasteiger partial charge on any atom is 0.350 e. The van der Waals surface area contributed by atoms with E-state index in [1.165, 1.54) is 12.3 Å². The number of aliphatic hydroxyl groups is 1. The molecule has 1 aromatic rings. The normalized spacial score (nSPS) is 28.2. The summed E-state index contributed by atoms with van der Waals surface area (Å²) >= 11 is 0. The summed E-state index contributed by atoms with van der Waals surface area (Å²) in [5.74, 6) is -3.61. The Balaban J connectivity index is 2.25. The number of nitrogens with zero attached hydrogens (tertiary/aromatic N) is 2. The predicted molar refractivity (Wildman–Crippen MR) is 69.2 cm³/mol. The van der Waals surface area contributed by atoms with E-state index in [0.717, 1.165) is 0 Å². The van der Waals surface area contributed by atoms with E-state index in [4.69, 9.17) is 9.47 Å². The van der Waals surface area contributed by atoms with Gasteiger partial charge in [0.25, 0.3) is 0 Å². The van der Waals surface area contributed by atoms with Crippen LogP contribution in [0.4, 0.5) is 8.78 Å². The van der Waals surface area contributed by atoms with Gasteiger partial charge in [-0.1, -0.05) is 0 Å². The van der Waals surface area contributed by atoms with Crippen molar-refractivity contribution >= 4 is 0 Å². The minimum atomic E-state index is -3.61. The van der Waals surface area contributed by atoms with Crippen molar-refractivity contribution in [1.29, 1.82) is 0 Å². The first-order chi connectivity index (χ1) is 9.73. The highest BCUT2D eigenvalue weighted by Crippen LogP contribution is 2.42. The smallest absolute Gasteiger partial charge is 0.350 e. The summed E-state index contributed by atoms with van der Waals surface area (Å²) in [6.07, 6.45) is -4.15. The van der Waals surface area contributed by atoms with Crippen molar-refractivity contribution in [3.63, 3.8) is 0 Å². The van der Waals surface area contributed by atoms with E-state index in [0.29, 0.717) is 10.3 Å². The van der Waals surface area contributed by atoms with Gasteiger partial charge in [-0.2, -0.15) is 13.8 Å². The van der Waals surface area contributed by atoms with Crippen LogP contribution in [0, 0.1) is 6.92 Å². The topological polar surface area (TPSA) is 73.6 Å². The molecule has 2 heterocycles. The molecule has 8 heteroatoms. The number of alkyl halides is 2. The van der Waals surface area contributed by atoms with Crippen LogP contribution in [0.3, 0.4) is 0 Å². The van der Waals surface area contributed by atoms with Crippen LogP contribution in [-0.2, 0) is 9.47 Å². The van der Waals surface area contributed by atoms with Gasteiger partial charge in [-0.15, -0.1) is 0 Å². The SMILES string of the molecule is Cc1ccn([C@@H]2O[C@H](COC(C)C)[C@@H](O)C2(F)F)c(=O)n1. The number of ether oxygens (including phenoxy) is 2. The van der Waals surface area contributed by atoms with Gasteiger partial charge in [-0.25, -0.2) is 4.79 Å². The Morgan fingerprint density at radius 2 is 2.24 bits per heavy atom. The monoisotopic (exact) mass is 304 g/mol. The zero-order valence-corrected chi connectivity index (χ0v) is 12.0. The van der Waals surface area contributed by atoms with Crippen LogP contribution in [0.5, 0.6) is 0 Å². The van der Waals surface area contributed by atoms with Crippen molar-refractivity contribution in [3.8, 4) is 0 Å². The van der Waals surface area contributed by atoms with Gasteiger partial charge in [0.15, 0.2) is 6.10 Å². The highest BCUT2D eigenvalue weighted by molar-refractivity contribution is 5.01. The van der Waals surface area contributed by atoms with Gasteiger partial charge in [-0.3, -0.25) is 4.57 Å². The molecule has 0 saturated carbocycles. The summed E-state index contributed by atoms with van der Waals surface area (Å²) in [6.45, 7) is 4.88. The zero-order valence-electron chi connectivity index (χ0n) is 12.0. The average molecular weight is 304 g/mol. The van der Waals surface area contributed by atoms with Crippen molar-refractivity contribution in [2.45, 2.75) is 51.2 Å². The second-order valence-corrected chi connectivity index (χ2v) is 5.29. The molecule has 2 rings (SSSR count). The fraction of sp³-hybridized carbons (Fsp3) is 0.692. The molecule has 1 fully saturated rings. The van der Waals surface area contributed by atoms with Crippen LogP contribution in [0.25, 0.3) is 0 Å². The fourth-order valence-corrected chi connectivity index (χ4v) is 2.07. The summed E-state index contributed by atoms with van der Waals surface area (Å²) in [6, 6.07) is 1.42. The summed E-state index contributed by atoms with van der Waals surface area (Å²) in [7, 11) is 0. The van der Waals surface area contributed by atoms with Gasteiger partial charge in [0.1, 0.15) is 6.10 Å². The Kier molecular flexibility index (Phi) is 4.40. The van der Waals surface area contributed by atoms with E-state index < -0.39 is 30.0 Å². The number of hydrogen-bond acceptors (Lipinski definition) is 5. The third-order valence-corrected chi connectivity index (χ3v) is 3.20. The molecule has 3 atom stereocenters. The van der Waals surface area contributed by atoms with Gasteiger partial charge in [0, 0.05) is 11.9 Å². The Hall–Kier alpha value is -1.38. The standard InChI is InChI=1S/C13H18F2N2O4/c1-7(2)20-6-9-10(18)13(14,15)11(21-9)17-5-4-8(3)16-12(17)19/h4-5,7,9-11,18H,6H2,1-3H3/t9-,10-,11-/m1/s1. The van der Waals surface area contributed by atoms with Gasteiger partial charge in [-0.05, 0) is 26.8 Å². The number of halogens is 2. The first kappa shape index (κ1) is 16.0. The molecular weight excluding hydrogens is 286 g/mol. The lowest BCUT2D eigenvalue weighted by atomic mass is 10.1. The lowest BCUT2D eigenvalue weighted by molar-refractivity contribution is -0.141. The molecule has 1 aliphatic rings. The molecule has 1 aromatic heterocycles. The number of aromatic nitrogens is 2. The zero-order chi connectivity index (χ0) is 15.8. The molecule has 6 nitrogen and oxygen atoms in total. The van der Waals surface area contributed by atoms with E-state index in [1.54, 1.807) is 20.8 Å². The lowest BCUT2D eigenvalue weighted by Crippen LogP contribution is -2.42. The Labute approximate surface area is 120 Å². The van der Waals surface area contributed by atoms with E-state index in [9.17, 15) is 18.7 Å². The highest BCUT2D eigenvalue weighted by Gasteiger charge is 2.59. The average Bonchev–Trinajstić information content (AvgIpc) is 2.60. The summed E-state index contributed by atoms with van der Waals surface area (Å²) in [5, 5.41) is 9.72. The minimum absolute atomic E-state index is 0.182. The highest BCUT2D eigenvalue weighted by atomic mass is 19.3. The molecule has 1 N–H and O–H groups in total. The molecular formula is C13H18F2N2O4. The van der Waals surface area contributed by atoms with Crippen molar-refractivity contribution < 1.29 is 23.4 Å². The molecule has 0 unspecified atom stereocenters. The molecule has 118 valence electrons. The first-order valence-corrected chi connectivity index (χ1v) is 6.62. The van der Waals surface area contributed by atoms with Crippen molar-refractivity contribution in [1.82, 2.24) is 9.55 Å². The molecule has 0 bridgehead atoms. The van der Waals surface area contributed by atoms with E-state index in [2.05, 4.69) is 4.98 Å². The molecule has 1 aliphatic heterocycles. The van der Waals surface area contributed by atoms with Crippen LogP contribution in [0.15, 0.2) is 17.1 Å². The second-order valence-electron chi connectivity index (χ2n) is 5.29. The van der Waals surface area contributed by atoms with E-state index >= 15 is 0 Å². The lowest BCUT2D eigenvalue weighted by Gasteiger charge is -2.20. The Morgan fingerprint density at radius 3 is 2.81 bits per heavy atom. The van der Waals surface area contributed by atoms with Crippen LogP contribution >= 0.6 is 0 Å². The van der Waals surface area contributed by atoms with Crippen LogP contribution in [-0.4, -0.2) is 45.5 Å². The van der Waals surface area contributed by atoms with Crippen LogP contribution in [0.2, 0.25) is 0 Å². The molecule has 0 radical (unpaired) electrons. The molecule has 0 aliphatic carbocycles. The predicted octanol–water partition coefficient (Wildman–Crippen LogP) is 0.870. The third kappa shape index (κ3) is 3.12. The Bertz CT molecular complexity index is 561. The fourth-order valence-electron chi connectivity index (χ4n) is 2.07. The van der Waals surface area contributed by atoms with E-state index in [-0.39, 0.29) is 12.7 Å². The largest absolute Gasteiger partial charge is 0.384 e. The molecule has 21 heavy (non-hydrogen) atoms. The number of hydrogen-bond donors (Lipinski definition) is 1. The maximum atomic E-state index is 14.1.